The summed E-state index contributed by atoms with van der Waals surface area (Å²) in [7, 11) is 1.88. The van der Waals surface area contributed by atoms with Crippen LogP contribution in [-0.2, 0) is 17.9 Å². The van der Waals surface area contributed by atoms with E-state index in [0.717, 1.165) is 22.9 Å². The van der Waals surface area contributed by atoms with E-state index in [1.54, 1.807) is 4.68 Å². The molecule has 0 atom stereocenters. The number of anilines is 2. The molecule has 0 bridgehead atoms. The maximum atomic E-state index is 12.7. The van der Waals surface area contributed by atoms with Crippen molar-refractivity contribution in [1.29, 1.82) is 0 Å². The highest BCUT2D eigenvalue weighted by atomic mass is 16.1. The molecule has 0 saturated carbocycles. The van der Waals surface area contributed by atoms with Gasteiger partial charge in [-0.2, -0.15) is 10.1 Å². The molecule has 4 rings (SSSR count). The zero-order valence-corrected chi connectivity index (χ0v) is 12.9. The molecule has 116 valence electrons. The summed E-state index contributed by atoms with van der Waals surface area (Å²) in [5.74, 6) is 0.623. The van der Waals surface area contributed by atoms with Crippen LogP contribution < -0.4 is 10.2 Å². The number of aliphatic imine (C=N–C) groups is 1. The van der Waals surface area contributed by atoms with Gasteiger partial charge < -0.3 is 10.2 Å². The number of hydrogen-bond acceptors (Lipinski definition) is 5. The molecule has 7 nitrogen and oxygen atoms in total. The SMILES string of the molecule is CC1=C(C(=O)Nc2ccc3c(c2)C=NC3)Cn2ncnc2N1C. The molecular weight excluding hydrogens is 292 g/mol. The molecule has 0 fully saturated rings. The van der Waals surface area contributed by atoms with Crippen LogP contribution in [0.1, 0.15) is 18.1 Å². The topological polar surface area (TPSA) is 75.4 Å². The van der Waals surface area contributed by atoms with E-state index in [-0.39, 0.29) is 5.91 Å². The second-order valence-corrected chi connectivity index (χ2v) is 5.68. The van der Waals surface area contributed by atoms with Crippen LogP contribution in [-0.4, -0.2) is 33.9 Å². The van der Waals surface area contributed by atoms with Crippen LogP contribution in [0, 0.1) is 0 Å². The molecule has 1 aromatic heterocycles. The van der Waals surface area contributed by atoms with Gasteiger partial charge in [-0.25, -0.2) is 4.68 Å². The number of benzene rings is 1. The number of carbonyl (C=O) groups is 1. The first-order chi connectivity index (χ1) is 11.1. The lowest BCUT2D eigenvalue weighted by molar-refractivity contribution is -0.113. The summed E-state index contributed by atoms with van der Waals surface area (Å²) in [5.41, 5.74) is 4.58. The van der Waals surface area contributed by atoms with E-state index in [1.807, 2.05) is 43.3 Å². The lowest BCUT2D eigenvalue weighted by Gasteiger charge is -2.27. The Hall–Kier alpha value is -2.96. The summed E-state index contributed by atoms with van der Waals surface area (Å²) in [6, 6.07) is 5.86. The van der Waals surface area contributed by atoms with E-state index < -0.39 is 0 Å². The van der Waals surface area contributed by atoms with Gasteiger partial charge in [-0.05, 0) is 30.2 Å². The van der Waals surface area contributed by atoms with Crippen molar-refractivity contribution in [3.63, 3.8) is 0 Å². The van der Waals surface area contributed by atoms with E-state index in [2.05, 4.69) is 20.4 Å². The van der Waals surface area contributed by atoms with Crippen LogP contribution in [0.25, 0.3) is 0 Å². The van der Waals surface area contributed by atoms with Gasteiger partial charge in [-0.3, -0.25) is 9.79 Å². The molecule has 1 amide bonds. The first kappa shape index (κ1) is 13.7. The van der Waals surface area contributed by atoms with Crippen LogP contribution >= 0.6 is 0 Å². The standard InChI is InChI=1S/C16H16N6O/c1-10-14(8-22-16(21(10)2)18-9-19-22)15(23)20-13-4-3-11-6-17-7-12(11)5-13/h3-5,7,9H,6,8H2,1-2H3,(H,20,23). The van der Waals surface area contributed by atoms with Crippen molar-refractivity contribution < 1.29 is 4.79 Å². The summed E-state index contributed by atoms with van der Waals surface area (Å²) in [5, 5.41) is 7.13. The number of carbonyl (C=O) groups excluding carboxylic acids is 1. The molecule has 23 heavy (non-hydrogen) atoms. The molecule has 2 aromatic rings. The smallest absolute Gasteiger partial charge is 0.255 e. The van der Waals surface area contributed by atoms with E-state index >= 15 is 0 Å². The minimum atomic E-state index is -0.120. The number of hydrogen-bond donors (Lipinski definition) is 1. The summed E-state index contributed by atoms with van der Waals surface area (Å²) in [6.45, 7) is 3.06. The van der Waals surface area contributed by atoms with Gasteiger partial charge in [0.25, 0.3) is 5.91 Å². The van der Waals surface area contributed by atoms with Crippen LogP contribution in [0.3, 0.4) is 0 Å². The summed E-state index contributed by atoms with van der Waals surface area (Å²) < 4.78 is 1.72. The third kappa shape index (κ3) is 2.21. The molecule has 2 aliphatic heterocycles. The van der Waals surface area contributed by atoms with Gasteiger partial charge in [-0.1, -0.05) is 6.07 Å². The minimum absolute atomic E-state index is 0.120. The van der Waals surface area contributed by atoms with Crippen molar-refractivity contribution in [2.75, 3.05) is 17.3 Å². The predicted molar refractivity (Wildman–Crippen MR) is 87.5 cm³/mol. The molecule has 7 heteroatoms. The quantitative estimate of drug-likeness (QED) is 0.914. The van der Waals surface area contributed by atoms with Crippen molar-refractivity contribution in [3.05, 3.63) is 46.9 Å². The van der Waals surface area contributed by atoms with Crippen LogP contribution in [0.15, 0.2) is 40.8 Å². The Kier molecular flexibility index (Phi) is 3.00. The average Bonchev–Trinajstić information content (AvgIpc) is 3.18. The van der Waals surface area contributed by atoms with Crippen LogP contribution in [0.5, 0.6) is 0 Å². The van der Waals surface area contributed by atoms with Crippen molar-refractivity contribution in [3.8, 4) is 0 Å². The Labute approximate surface area is 133 Å². The first-order valence-corrected chi connectivity index (χ1v) is 7.39. The fraction of sp³-hybridized carbons (Fsp3) is 0.250. The Bertz CT molecular complexity index is 863. The van der Waals surface area contributed by atoms with Gasteiger partial charge in [0.05, 0.1) is 18.7 Å². The number of fused-ring (bicyclic) bond motifs is 2. The second-order valence-electron chi connectivity index (χ2n) is 5.68. The molecule has 0 unspecified atom stereocenters. The van der Waals surface area contributed by atoms with Gasteiger partial charge in [0.2, 0.25) is 5.95 Å². The van der Waals surface area contributed by atoms with Gasteiger partial charge in [0.1, 0.15) is 6.33 Å². The van der Waals surface area contributed by atoms with Gasteiger partial charge in [0, 0.05) is 24.6 Å². The molecule has 3 heterocycles. The first-order valence-electron chi connectivity index (χ1n) is 7.39. The van der Waals surface area contributed by atoms with E-state index in [0.29, 0.717) is 18.7 Å². The highest BCUT2D eigenvalue weighted by Gasteiger charge is 2.25. The number of nitrogens with zero attached hydrogens (tertiary/aromatic N) is 5. The molecule has 1 N–H and O–H groups in total. The van der Waals surface area contributed by atoms with E-state index in [4.69, 9.17) is 0 Å². The lowest BCUT2D eigenvalue weighted by Crippen LogP contribution is -2.32. The van der Waals surface area contributed by atoms with Gasteiger partial charge in [0.15, 0.2) is 0 Å². The predicted octanol–water partition coefficient (Wildman–Crippen LogP) is 1.57. The van der Waals surface area contributed by atoms with Crippen molar-refractivity contribution in [2.24, 2.45) is 4.99 Å². The third-order valence-corrected chi connectivity index (χ3v) is 4.31. The molecular formula is C16H16N6O. The Morgan fingerprint density at radius 2 is 2.22 bits per heavy atom. The van der Waals surface area contributed by atoms with Crippen molar-refractivity contribution in [1.82, 2.24) is 14.8 Å². The molecule has 0 radical (unpaired) electrons. The monoisotopic (exact) mass is 308 g/mol. The third-order valence-electron chi connectivity index (χ3n) is 4.31. The lowest BCUT2D eigenvalue weighted by atomic mass is 10.1. The zero-order valence-electron chi connectivity index (χ0n) is 12.9. The summed E-state index contributed by atoms with van der Waals surface area (Å²) >= 11 is 0. The largest absolute Gasteiger partial charge is 0.322 e. The maximum Gasteiger partial charge on any atom is 0.255 e. The highest BCUT2D eigenvalue weighted by molar-refractivity contribution is 6.05. The number of amides is 1. The Balaban J connectivity index is 1.59. The average molecular weight is 308 g/mol. The highest BCUT2D eigenvalue weighted by Crippen LogP contribution is 2.25. The van der Waals surface area contributed by atoms with Gasteiger partial charge >= 0.3 is 0 Å². The molecule has 2 aliphatic rings. The Morgan fingerprint density at radius 3 is 3.09 bits per heavy atom. The van der Waals surface area contributed by atoms with Crippen LogP contribution in [0.2, 0.25) is 0 Å². The minimum Gasteiger partial charge on any atom is -0.322 e. The second kappa shape index (κ2) is 5.05. The van der Waals surface area contributed by atoms with Crippen molar-refractivity contribution >= 4 is 23.8 Å². The molecule has 0 spiro atoms. The van der Waals surface area contributed by atoms with E-state index in [9.17, 15) is 4.79 Å². The maximum absolute atomic E-state index is 12.7. The summed E-state index contributed by atoms with van der Waals surface area (Å²) in [4.78, 5) is 23.0. The van der Waals surface area contributed by atoms with Crippen molar-refractivity contribution in [2.45, 2.75) is 20.0 Å². The number of allylic oxidation sites excluding steroid dienone is 1. The molecule has 1 aromatic carbocycles. The normalized spacial score (nSPS) is 15.7. The Morgan fingerprint density at radius 1 is 1.35 bits per heavy atom. The number of nitrogens with one attached hydrogen (secondary N) is 1. The number of rotatable bonds is 2. The molecule has 0 aliphatic carbocycles. The number of aromatic nitrogens is 3. The van der Waals surface area contributed by atoms with E-state index in [1.165, 1.54) is 11.9 Å². The zero-order chi connectivity index (χ0) is 16.0. The fourth-order valence-electron chi connectivity index (χ4n) is 2.87. The van der Waals surface area contributed by atoms with Gasteiger partial charge in [-0.15, -0.1) is 0 Å². The summed E-state index contributed by atoms with van der Waals surface area (Å²) in [6.07, 6.45) is 3.34. The fourth-order valence-corrected chi connectivity index (χ4v) is 2.87. The van der Waals surface area contributed by atoms with Crippen LogP contribution in [0.4, 0.5) is 11.6 Å². The molecule has 0 saturated heterocycles.